The van der Waals surface area contributed by atoms with E-state index in [9.17, 15) is 9.90 Å². The first-order chi connectivity index (χ1) is 10.2. The van der Waals surface area contributed by atoms with Gasteiger partial charge in [-0.25, -0.2) is 4.79 Å². The van der Waals surface area contributed by atoms with Gasteiger partial charge in [-0.3, -0.25) is 9.13 Å². The van der Waals surface area contributed by atoms with Crippen molar-refractivity contribution in [3.8, 4) is 5.88 Å². The van der Waals surface area contributed by atoms with Crippen molar-refractivity contribution in [3.05, 3.63) is 51.0 Å². The highest BCUT2D eigenvalue weighted by molar-refractivity contribution is 6.30. The summed E-state index contributed by atoms with van der Waals surface area (Å²) >= 11 is 5.90. The number of aromatic nitrogens is 2. The predicted molar refractivity (Wildman–Crippen MR) is 79.9 cm³/mol. The second kappa shape index (κ2) is 4.64. The number of nitrogens with one attached hydrogen (secondary N) is 1. The van der Waals surface area contributed by atoms with Crippen molar-refractivity contribution in [2.45, 2.75) is 31.5 Å². The maximum absolute atomic E-state index is 12.5. The van der Waals surface area contributed by atoms with Crippen LogP contribution in [0.3, 0.4) is 0 Å². The summed E-state index contributed by atoms with van der Waals surface area (Å²) in [6.45, 7) is 1.93. The number of benzene rings is 1. The highest BCUT2D eigenvalue weighted by Crippen LogP contribution is 2.52. The van der Waals surface area contributed by atoms with Gasteiger partial charge in [-0.05, 0) is 24.1 Å². The van der Waals surface area contributed by atoms with Crippen molar-refractivity contribution in [3.63, 3.8) is 0 Å². The maximum atomic E-state index is 12.5. The summed E-state index contributed by atoms with van der Waals surface area (Å²) in [6.07, 6.45) is 0.881. The van der Waals surface area contributed by atoms with E-state index in [0.717, 1.165) is 18.5 Å². The molecular weight excluding hydrogens is 290 g/mol. The molecule has 0 saturated heterocycles. The summed E-state index contributed by atoms with van der Waals surface area (Å²) in [6, 6.07) is 7.77. The van der Waals surface area contributed by atoms with Crippen molar-refractivity contribution in [2.24, 2.45) is 0 Å². The molecule has 1 aromatic heterocycles. The minimum absolute atomic E-state index is 0.0526. The number of fused-ring (bicyclic) bond motifs is 1. The number of hydrogen-bond acceptors (Lipinski definition) is 3. The van der Waals surface area contributed by atoms with E-state index in [1.165, 1.54) is 0 Å². The lowest BCUT2D eigenvalue weighted by Crippen LogP contribution is -2.34. The summed E-state index contributed by atoms with van der Waals surface area (Å²) in [5.41, 5.74) is 1.77. The minimum Gasteiger partial charge on any atom is -0.493 e. The Morgan fingerprint density at radius 1 is 1.29 bits per heavy atom. The molecule has 6 heteroatoms. The molecule has 1 fully saturated rings. The molecule has 5 nitrogen and oxygen atoms in total. The van der Waals surface area contributed by atoms with Gasteiger partial charge in [0.25, 0.3) is 0 Å². The van der Waals surface area contributed by atoms with E-state index in [1.54, 1.807) is 9.13 Å². The third-order valence-electron chi connectivity index (χ3n) is 4.44. The van der Waals surface area contributed by atoms with Gasteiger partial charge >= 0.3 is 5.69 Å². The average Bonchev–Trinajstić information content (AvgIpc) is 3.23. The number of nitrogens with zero attached hydrogens (tertiary/aromatic N) is 2. The Labute approximate surface area is 126 Å². The molecule has 0 spiro atoms. The molecule has 0 radical (unpaired) electrons. The Kier molecular flexibility index (Phi) is 2.87. The zero-order chi connectivity index (χ0) is 14.6. The first-order valence-electron chi connectivity index (χ1n) is 7.16. The van der Waals surface area contributed by atoms with Gasteiger partial charge in [0.15, 0.2) is 0 Å². The van der Waals surface area contributed by atoms with Crippen LogP contribution in [0.2, 0.25) is 5.02 Å². The topological polar surface area (TPSA) is 59.2 Å². The van der Waals surface area contributed by atoms with Gasteiger partial charge in [0.1, 0.15) is 0 Å². The van der Waals surface area contributed by atoms with Gasteiger partial charge in [-0.2, -0.15) is 0 Å². The van der Waals surface area contributed by atoms with E-state index >= 15 is 0 Å². The Hall–Kier alpha value is -1.72. The lowest BCUT2D eigenvalue weighted by molar-refractivity contribution is 0.403. The monoisotopic (exact) mass is 305 g/mol. The molecule has 110 valence electrons. The number of halogens is 1. The standard InChI is InChI=1S/C15H16ClN3O2/c16-10-3-1-9(2-4-10)11-7-12(11)19-14(20)13-8-17-5-6-18(13)15(19)21/h1-4,11-12,17,20H,5-8H2/t11-,12+/m0/s1. The van der Waals surface area contributed by atoms with Crippen molar-refractivity contribution in [2.75, 3.05) is 6.54 Å². The van der Waals surface area contributed by atoms with Crippen LogP contribution in [0.5, 0.6) is 5.88 Å². The van der Waals surface area contributed by atoms with E-state index in [0.29, 0.717) is 23.8 Å². The van der Waals surface area contributed by atoms with Gasteiger partial charge in [-0.1, -0.05) is 23.7 Å². The van der Waals surface area contributed by atoms with Crippen LogP contribution in [-0.2, 0) is 13.1 Å². The number of hydrogen-bond donors (Lipinski definition) is 2. The fraction of sp³-hybridized carbons (Fsp3) is 0.400. The Bertz CT molecular complexity index is 748. The van der Waals surface area contributed by atoms with Crippen molar-refractivity contribution in [1.82, 2.24) is 14.5 Å². The molecule has 0 bridgehead atoms. The molecule has 1 saturated carbocycles. The normalized spacial score (nSPS) is 23.9. The molecule has 1 aliphatic heterocycles. The van der Waals surface area contributed by atoms with Crippen LogP contribution < -0.4 is 11.0 Å². The summed E-state index contributed by atoms with van der Waals surface area (Å²) in [7, 11) is 0. The molecule has 0 unspecified atom stereocenters. The molecule has 0 amide bonds. The van der Waals surface area contributed by atoms with Gasteiger partial charge in [0, 0.05) is 36.6 Å². The minimum atomic E-state index is -0.0922. The fourth-order valence-corrected chi connectivity index (χ4v) is 3.36. The lowest BCUT2D eigenvalue weighted by Gasteiger charge is -2.13. The number of imidazole rings is 1. The van der Waals surface area contributed by atoms with Crippen molar-refractivity contribution < 1.29 is 5.11 Å². The van der Waals surface area contributed by atoms with E-state index < -0.39 is 0 Å². The molecule has 2 atom stereocenters. The summed E-state index contributed by atoms with van der Waals surface area (Å²) < 4.78 is 3.24. The van der Waals surface area contributed by atoms with Crippen LogP contribution >= 0.6 is 11.6 Å². The first-order valence-corrected chi connectivity index (χ1v) is 7.53. The SMILES string of the molecule is O=c1n2c(c(O)n1[C@@H]1C[C@H]1c1ccc(Cl)cc1)CNCC2. The van der Waals surface area contributed by atoms with Crippen LogP contribution in [0.15, 0.2) is 29.1 Å². The molecule has 2 aliphatic rings. The van der Waals surface area contributed by atoms with Gasteiger partial charge in [0.05, 0.1) is 5.69 Å². The van der Waals surface area contributed by atoms with Crippen molar-refractivity contribution >= 4 is 11.6 Å². The van der Waals surface area contributed by atoms with Crippen LogP contribution in [0.25, 0.3) is 0 Å². The van der Waals surface area contributed by atoms with Gasteiger partial charge < -0.3 is 10.4 Å². The third-order valence-corrected chi connectivity index (χ3v) is 4.69. The molecule has 4 rings (SSSR count). The molecule has 1 aromatic carbocycles. The Morgan fingerprint density at radius 3 is 2.76 bits per heavy atom. The Balaban J connectivity index is 1.68. The van der Waals surface area contributed by atoms with E-state index in [2.05, 4.69) is 5.32 Å². The highest BCUT2D eigenvalue weighted by Gasteiger charge is 2.43. The lowest BCUT2D eigenvalue weighted by atomic mass is 10.1. The highest BCUT2D eigenvalue weighted by atomic mass is 35.5. The molecular formula is C15H16ClN3O2. The predicted octanol–water partition coefficient (Wildman–Crippen LogP) is 1.84. The molecule has 2 aromatic rings. The first kappa shape index (κ1) is 13.0. The van der Waals surface area contributed by atoms with Crippen LogP contribution in [-0.4, -0.2) is 20.8 Å². The number of rotatable bonds is 2. The molecule has 2 N–H and O–H groups in total. The van der Waals surface area contributed by atoms with E-state index in [4.69, 9.17) is 11.6 Å². The fourth-order valence-electron chi connectivity index (χ4n) is 3.23. The third kappa shape index (κ3) is 2.00. The summed E-state index contributed by atoms with van der Waals surface area (Å²) in [5, 5.41) is 14.2. The second-order valence-electron chi connectivity index (χ2n) is 5.71. The smallest absolute Gasteiger partial charge is 0.331 e. The Morgan fingerprint density at radius 2 is 2.05 bits per heavy atom. The van der Waals surface area contributed by atoms with Gasteiger partial charge in [-0.15, -0.1) is 0 Å². The zero-order valence-corrected chi connectivity index (χ0v) is 12.2. The van der Waals surface area contributed by atoms with Gasteiger partial charge in [0.2, 0.25) is 5.88 Å². The number of aromatic hydroxyl groups is 1. The van der Waals surface area contributed by atoms with Crippen LogP contribution in [0.1, 0.15) is 29.6 Å². The zero-order valence-electron chi connectivity index (χ0n) is 11.4. The molecule has 1 aliphatic carbocycles. The quantitative estimate of drug-likeness (QED) is 0.890. The van der Waals surface area contributed by atoms with Crippen molar-refractivity contribution in [1.29, 1.82) is 0 Å². The summed E-state index contributed by atoms with van der Waals surface area (Å²) in [4.78, 5) is 12.5. The summed E-state index contributed by atoms with van der Waals surface area (Å²) in [5.74, 6) is 0.400. The van der Waals surface area contributed by atoms with Crippen LogP contribution in [0.4, 0.5) is 0 Å². The average molecular weight is 306 g/mol. The second-order valence-corrected chi connectivity index (χ2v) is 6.15. The molecule has 21 heavy (non-hydrogen) atoms. The van der Waals surface area contributed by atoms with E-state index in [-0.39, 0.29) is 23.5 Å². The van der Waals surface area contributed by atoms with E-state index in [1.807, 2.05) is 24.3 Å². The van der Waals surface area contributed by atoms with Crippen LogP contribution in [0, 0.1) is 0 Å². The molecule has 2 heterocycles. The maximum Gasteiger partial charge on any atom is 0.331 e. The largest absolute Gasteiger partial charge is 0.493 e.